The smallest absolute Gasteiger partial charge is 0.407 e. The molecule has 0 saturated carbocycles. The predicted molar refractivity (Wildman–Crippen MR) is 104 cm³/mol. The summed E-state index contributed by atoms with van der Waals surface area (Å²) in [7, 11) is 0. The largest absolute Gasteiger partial charge is 0.493 e. The highest BCUT2D eigenvalue weighted by Gasteiger charge is 2.39. The van der Waals surface area contributed by atoms with Gasteiger partial charge >= 0.3 is 6.09 Å². The van der Waals surface area contributed by atoms with Gasteiger partial charge in [0.1, 0.15) is 17.5 Å². The van der Waals surface area contributed by atoms with E-state index in [2.05, 4.69) is 20.3 Å². The zero-order chi connectivity index (χ0) is 20.7. The summed E-state index contributed by atoms with van der Waals surface area (Å²) in [5.41, 5.74) is -0.163. The van der Waals surface area contributed by atoms with E-state index in [0.717, 1.165) is 24.6 Å². The monoisotopic (exact) mass is 443 g/mol. The first kappa shape index (κ1) is 20.2. The molecule has 9 nitrogen and oxygen atoms in total. The lowest BCUT2D eigenvalue weighted by atomic mass is 9.90. The fourth-order valence-electron chi connectivity index (χ4n) is 3.92. The number of amides is 1. The number of nitrogens with one attached hydrogen (secondary N) is 1. The van der Waals surface area contributed by atoms with Crippen LogP contribution in [0.3, 0.4) is 0 Å². The summed E-state index contributed by atoms with van der Waals surface area (Å²) in [6.07, 6.45) is 2.44. The SMILES string of the molecule is CSc1nc(O)c2c(OC[C@H]3NC[C@H]4CC[C@@H]3CN4C(=O)O)nc(Cl)c(F)c2n1. The second-order valence-corrected chi connectivity index (χ2v) is 8.16. The number of carbonyl (C=O) groups is 1. The van der Waals surface area contributed by atoms with Crippen LogP contribution in [0, 0.1) is 11.7 Å². The van der Waals surface area contributed by atoms with Crippen LogP contribution in [0.1, 0.15) is 12.8 Å². The first-order chi connectivity index (χ1) is 13.9. The first-order valence-electron chi connectivity index (χ1n) is 9.04. The molecule has 3 N–H and O–H groups in total. The molecule has 156 valence electrons. The van der Waals surface area contributed by atoms with Gasteiger partial charge in [-0.05, 0) is 25.0 Å². The van der Waals surface area contributed by atoms with Crippen LogP contribution in [0.4, 0.5) is 9.18 Å². The Hall–Kier alpha value is -2.11. The molecular formula is C17H19ClFN5O4S. The molecule has 29 heavy (non-hydrogen) atoms. The Morgan fingerprint density at radius 2 is 2.21 bits per heavy atom. The number of fused-ring (bicyclic) bond motifs is 5. The van der Waals surface area contributed by atoms with E-state index in [1.165, 1.54) is 4.90 Å². The van der Waals surface area contributed by atoms with Crippen LogP contribution in [0.5, 0.6) is 11.8 Å². The normalized spacial score (nSPS) is 24.0. The highest BCUT2D eigenvalue weighted by atomic mass is 35.5. The fraction of sp³-hybridized carbons (Fsp3) is 0.529. The number of aromatic hydroxyl groups is 1. The maximum atomic E-state index is 14.4. The summed E-state index contributed by atoms with van der Waals surface area (Å²) >= 11 is 7.05. The van der Waals surface area contributed by atoms with Crippen molar-refractivity contribution in [2.45, 2.75) is 30.1 Å². The van der Waals surface area contributed by atoms with Crippen molar-refractivity contribution < 1.29 is 24.1 Å². The molecule has 2 bridgehead atoms. The van der Waals surface area contributed by atoms with Crippen molar-refractivity contribution in [3.05, 3.63) is 11.0 Å². The third-order valence-electron chi connectivity index (χ3n) is 5.43. The number of nitrogens with zero attached hydrogens (tertiary/aromatic N) is 4. The van der Waals surface area contributed by atoms with Gasteiger partial charge in [-0.1, -0.05) is 23.4 Å². The lowest BCUT2D eigenvalue weighted by molar-refractivity contribution is 0.0932. The Kier molecular flexibility index (Phi) is 5.54. The molecule has 12 heteroatoms. The number of rotatable bonds is 4. The highest BCUT2D eigenvalue weighted by molar-refractivity contribution is 7.98. The van der Waals surface area contributed by atoms with Crippen LogP contribution in [0.2, 0.25) is 5.15 Å². The minimum atomic E-state index is -0.923. The highest BCUT2D eigenvalue weighted by Crippen LogP contribution is 2.36. The van der Waals surface area contributed by atoms with E-state index in [1.54, 1.807) is 6.26 Å². The van der Waals surface area contributed by atoms with E-state index in [1.807, 2.05) is 0 Å². The van der Waals surface area contributed by atoms with Crippen LogP contribution >= 0.6 is 23.4 Å². The van der Waals surface area contributed by atoms with E-state index in [9.17, 15) is 19.4 Å². The molecule has 1 amide bonds. The van der Waals surface area contributed by atoms with Crippen molar-refractivity contribution in [3.63, 3.8) is 0 Å². The molecule has 3 aliphatic heterocycles. The zero-order valence-corrected chi connectivity index (χ0v) is 17.0. The van der Waals surface area contributed by atoms with Gasteiger partial charge in [0, 0.05) is 25.2 Å². The Balaban J connectivity index is 1.60. The summed E-state index contributed by atoms with van der Waals surface area (Å²) < 4.78 is 20.2. The van der Waals surface area contributed by atoms with Gasteiger partial charge in [0.15, 0.2) is 16.1 Å². The molecule has 0 spiro atoms. The van der Waals surface area contributed by atoms with Gasteiger partial charge in [-0.25, -0.2) is 14.2 Å². The Bertz CT molecular complexity index is 967. The quantitative estimate of drug-likeness (QED) is 0.371. The summed E-state index contributed by atoms with van der Waals surface area (Å²) in [4.78, 5) is 24.8. The molecule has 3 atom stereocenters. The number of hydrogen-bond acceptors (Lipinski definition) is 8. The third-order valence-corrected chi connectivity index (χ3v) is 6.23. The van der Waals surface area contributed by atoms with E-state index >= 15 is 0 Å². The number of pyridine rings is 1. The van der Waals surface area contributed by atoms with Crippen LogP contribution in [0.25, 0.3) is 10.9 Å². The van der Waals surface area contributed by atoms with Crippen molar-refractivity contribution >= 4 is 40.4 Å². The molecule has 0 radical (unpaired) electrons. The number of carboxylic acid groups (broad SMARTS) is 1. The molecule has 5 rings (SSSR count). The number of hydrogen-bond donors (Lipinski definition) is 3. The topological polar surface area (TPSA) is 121 Å². The summed E-state index contributed by atoms with van der Waals surface area (Å²) in [5, 5.41) is 22.7. The van der Waals surface area contributed by atoms with E-state index in [0.29, 0.717) is 13.1 Å². The lowest BCUT2D eigenvalue weighted by Gasteiger charge is -2.35. The number of aromatic nitrogens is 3. The van der Waals surface area contributed by atoms with E-state index in [-0.39, 0.29) is 46.5 Å². The van der Waals surface area contributed by atoms with Crippen LogP contribution in [-0.4, -0.2) is 74.2 Å². The lowest BCUT2D eigenvalue weighted by Crippen LogP contribution is -2.47. The van der Waals surface area contributed by atoms with Crippen molar-refractivity contribution in [1.82, 2.24) is 25.2 Å². The van der Waals surface area contributed by atoms with Crippen molar-refractivity contribution in [2.24, 2.45) is 5.92 Å². The molecule has 3 saturated heterocycles. The summed E-state index contributed by atoms with van der Waals surface area (Å²) in [5.74, 6) is -1.29. The maximum Gasteiger partial charge on any atom is 0.407 e. The van der Waals surface area contributed by atoms with Crippen LogP contribution < -0.4 is 10.1 Å². The van der Waals surface area contributed by atoms with Crippen molar-refractivity contribution in [2.75, 3.05) is 26.0 Å². The molecule has 5 heterocycles. The van der Waals surface area contributed by atoms with Gasteiger partial charge in [0.05, 0.1) is 0 Å². The summed E-state index contributed by atoms with van der Waals surface area (Å²) in [6.45, 7) is 1.10. The fourth-order valence-corrected chi connectivity index (χ4v) is 4.45. The van der Waals surface area contributed by atoms with Gasteiger partial charge in [0.25, 0.3) is 0 Å². The number of ether oxygens (including phenoxy) is 1. The standard InChI is InChI=1S/C17H19ClFN5O4S/c1-29-16-21-12-10(14(25)23-16)15(22-13(18)11(12)19)28-6-9-7-2-3-8(4-20-9)24(5-7)17(26)27/h7-9,20H,2-6H2,1H3,(H,26,27)(H,21,23,25)/t7-,8-,9-/m1/s1. The van der Waals surface area contributed by atoms with Gasteiger partial charge in [-0.2, -0.15) is 9.97 Å². The van der Waals surface area contributed by atoms with Crippen molar-refractivity contribution in [1.29, 1.82) is 0 Å². The maximum absolute atomic E-state index is 14.4. The van der Waals surface area contributed by atoms with Gasteiger partial charge in [-0.15, -0.1) is 0 Å². The average molecular weight is 444 g/mol. The Morgan fingerprint density at radius 3 is 2.93 bits per heavy atom. The predicted octanol–water partition coefficient (Wildman–Crippen LogP) is 2.35. The van der Waals surface area contributed by atoms with E-state index < -0.39 is 22.9 Å². The molecule has 3 aliphatic rings. The minimum absolute atomic E-state index is 0.0465. The molecule has 2 aromatic heterocycles. The van der Waals surface area contributed by atoms with Crippen LogP contribution in [0.15, 0.2) is 5.16 Å². The zero-order valence-electron chi connectivity index (χ0n) is 15.4. The second kappa shape index (κ2) is 7.96. The van der Waals surface area contributed by atoms with Crippen molar-refractivity contribution in [3.8, 4) is 11.8 Å². The third kappa shape index (κ3) is 3.74. The van der Waals surface area contributed by atoms with Gasteiger partial charge in [0.2, 0.25) is 11.8 Å². The average Bonchev–Trinajstić information content (AvgIpc) is 3.00. The van der Waals surface area contributed by atoms with E-state index in [4.69, 9.17) is 16.3 Å². The molecule has 2 aromatic rings. The van der Waals surface area contributed by atoms with Gasteiger partial charge in [-0.3, -0.25) is 0 Å². The second-order valence-electron chi connectivity index (χ2n) is 7.03. The Labute approximate surface area is 174 Å². The Morgan fingerprint density at radius 1 is 1.41 bits per heavy atom. The molecule has 0 aromatic carbocycles. The number of halogens is 2. The van der Waals surface area contributed by atoms with Crippen LogP contribution in [-0.2, 0) is 0 Å². The molecule has 3 fully saturated rings. The molecular weight excluding hydrogens is 425 g/mol. The molecule has 0 aliphatic carbocycles. The van der Waals surface area contributed by atoms with Gasteiger partial charge < -0.3 is 25.2 Å². The minimum Gasteiger partial charge on any atom is -0.493 e. The summed E-state index contributed by atoms with van der Waals surface area (Å²) in [6, 6.07) is -0.186. The first-order valence-corrected chi connectivity index (χ1v) is 10.6. The number of thioether (sulfide) groups is 1. The molecule has 0 unspecified atom stereocenters. The number of piperidine rings is 1.